The molecule has 9 heteroatoms. The van der Waals surface area contributed by atoms with Gasteiger partial charge < -0.3 is 14.8 Å². The molecule has 2 aromatic carbocycles. The summed E-state index contributed by atoms with van der Waals surface area (Å²) in [6.07, 6.45) is 0. The third-order valence-electron chi connectivity index (χ3n) is 3.73. The van der Waals surface area contributed by atoms with Gasteiger partial charge in [0.05, 0.1) is 23.6 Å². The lowest BCUT2D eigenvalue weighted by Gasteiger charge is -2.15. The van der Waals surface area contributed by atoms with Crippen molar-refractivity contribution in [1.82, 2.24) is 5.32 Å². The van der Waals surface area contributed by atoms with Crippen molar-refractivity contribution in [1.29, 1.82) is 0 Å². The highest BCUT2D eigenvalue weighted by atomic mass is 32.2. The van der Waals surface area contributed by atoms with Crippen LogP contribution in [0.2, 0.25) is 0 Å². The number of methoxy groups -OCH3 is 1. The van der Waals surface area contributed by atoms with E-state index in [2.05, 4.69) is 5.32 Å². The Bertz CT molecular complexity index is 925. The van der Waals surface area contributed by atoms with Gasteiger partial charge in [-0.25, -0.2) is 18.4 Å². The van der Waals surface area contributed by atoms with Crippen molar-refractivity contribution >= 4 is 21.9 Å². The maximum atomic E-state index is 12.0. The number of carbonyl (C=O) groups excluding carboxylic acids is 2. The summed E-state index contributed by atoms with van der Waals surface area (Å²) in [5.41, 5.74) is 0.948. The van der Waals surface area contributed by atoms with Gasteiger partial charge in [-0.2, -0.15) is 0 Å². The number of sulfonamides is 1. The molecular formula is C18H20N2O6S. The van der Waals surface area contributed by atoms with Gasteiger partial charge in [0.1, 0.15) is 5.75 Å². The molecule has 2 aromatic rings. The molecule has 0 aliphatic rings. The predicted octanol–water partition coefficient (Wildman–Crippen LogP) is 1.38. The molecule has 0 spiro atoms. The van der Waals surface area contributed by atoms with Gasteiger partial charge in [-0.15, -0.1) is 0 Å². The molecular weight excluding hydrogens is 372 g/mol. The van der Waals surface area contributed by atoms with E-state index in [4.69, 9.17) is 14.6 Å². The Kier molecular flexibility index (Phi) is 6.54. The van der Waals surface area contributed by atoms with Crippen LogP contribution in [0.5, 0.6) is 5.75 Å². The fraction of sp³-hybridized carbons (Fsp3) is 0.222. The minimum Gasteiger partial charge on any atom is -0.497 e. The fourth-order valence-electron chi connectivity index (χ4n) is 2.28. The van der Waals surface area contributed by atoms with Gasteiger partial charge in [-0.3, -0.25) is 4.79 Å². The van der Waals surface area contributed by atoms with Crippen LogP contribution >= 0.6 is 0 Å². The zero-order valence-electron chi connectivity index (χ0n) is 14.8. The smallest absolute Gasteiger partial charge is 0.338 e. The van der Waals surface area contributed by atoms with Crippen molar-refractivity contribution in [2.75, 3.05) is 13.7 Å². The van der Waals surface area contributed by atoms with Crippen LogP contribution in [-0.4, -0.2) is 34.0 Å². The summed E-state index contributed by atoms with van der Waals surface area (Å²) in [6.45, 7) is 1.27. The normalized spacial score (nSPS) is 12.1. The van der Waals surface area contributed by atoms with Crippen LogP contribution in [0.3, 0.4) is 0 Å². The van der Waals surface area contributed by atoms with Crippen molar-refractivity contribution in [3.63, 3.8) is 0 Å². The van der Waals surface area contributed by atoms with Crippen molar-refractivity contribution in [2.45, 2.75) is 17.9 Å². The van der Waals surface area contributed by atoms with E-state index in [1.54, 1.807) is 37.3 Å². The number of hydrogen-bond donors (Lipinski definition) is 2. The molecule has 3 N–H and O–H groups in total. The molecule has 0 aliphatic carbocycles. The first-order valence-corrected chi connectivity index (χ1v) is 9.48. The Morgan fingerprint density at radius 1 is 1.15 bits per heavy atom. The second kappa shape index (κ2) is 8.65. The SMILES string of the molecule is COc1cccc(C(=O)OCC(=O)N[C@H](C)c2ccc(S(N)(=O)=O)cc2)c1. The maximum Gasteiger partial charge on any atom is 0.338 e. The second-order valence-electron chi connectivity index (χ2n) is 5.71. The number of hydrogen-bond acceptors (Lipinski definition) is 6. The highest BCUT2D eigenvalue weighted by Crippen LogP contribution is 2.16. The summed E-state index contributed by atoms with van der Waals surface area (Å²) in [4.78, 5) is 23.9. The summed E-state index contributed by atoms with van der Waals surface area (Å²) in [7, 11) is -2.29. The Morgan fingerprint density at radius 3 is 2.41 bits per heavy atom. The maximum absolute atomic E-state index is 12.0. The van der Waals surface area contributed by atoms with Crippen LogP contribution in [-0.2, 0) is 19.6 Å². The molecule has 0 aromatic heterocycles. The average molecular weight is 392 g/mol. The molecule has 0 aliphatic heterocycles. The van der Waals surface area contributed by atoms with Crippen LogP contribution in [0.15, 0.2) is 53.4 Å². The van der Waals surface area contributed by atoms with E-state index in [0.29, 0.717) is 11.3 Å². The predicted molar refractivity (Wildman–Crippen MR) is 97.6 cm³/mol. The Morgan fingerprint density at radius 2 is 1.81 bits per heavy atom. The highest BCUT2D eigenvalue weighted by Gasteiger charge is 2.14. The molecule has 0 unspecified atom stereocenters. The van der Waals surface area contributed by atoms with E-state index in [0.717, 1.165) is 0 Å². The van der Waals surface area contributed by atoms with Gasteiger partial charge in [0.25, 0.3) is 5.91 Å². The number of amides is 1. The largest absolute Gasteiger partial charge is 0.497 e. The van der Waals surface area contributed by atoms with Crippen LogP contribution in [0.25, 0.3) is 0 Å². The molecule has 1 amide bonds. The lowest BCUT2D eigenvalue weighted by Crippen LogP contribution is -2.31. The van der Waals surface area contributed by atoms with Gasteiger partial charge >= 0.3 is 5.97 Å². The van der Waals surface area contributed by atoms with E-state index in [9.17, 15) is 18.0 Å². The van der Waals surface area contributed by atoms with Crippen LogP contribution in [0.4, 0.5) is 0 Å². The minimum absolute atomic E-state index is 0.0167. The zero-order chi connectivity index (χ0) is 20.0. The molecule has 8 nitrogen and oxygen atoms in total. The van der Waals surface area contributed by atoms with Crippen molar-refractivity contribution < 1.29 is 27.5 Å². The first kappa shape index (κ1) is 20.4. The number of rotatable bonds is 7. The summed E-state index contributed by atoms with van der Waals surface area (Å²) in [6, 6.07) is 11.8. The molecule has 0 heterocycles. The molecule has 0 bridgehead atoms. The number of carbonyl (C=O) groups is 2. The molecule has 2 rings (SSSR count). The van der Waals surface area contributed by atoms with Crippen LogP contribution in [0.1, 0.15) is 28.9 Å². The number of ether oxygens (including phenoxy) is 2. The summed E-state index contributed by atoms with van der Waals surface area (Å²) in [5, 5.41) is 7.71. The van der Waals surface area contributed by atoms with Gasteiger partial charge in [-0.05, 0) is 42.8 Å². The molecule has 1 atom stereocenters. The lowest BCUT2D eigenvalue weighted by molar-refractivity contribution is -0.124. The van der Waals surface area contributed by atoms with Crippen molar-refractivity contribution in [3.05, 3.63) is 59.7 Å². The molecule has 0 radical (unpaired) electrons. The van der Waals surface area contributed by atoms with Gasteiger partial charge in [0, 0.05) is 0 Å². The number of primary sulfonamides is 1. The van der Waals surface area contributed by atoms with E-state index >= 15 is 0 Å². The van der Waals surface area contributed by atoms with E-state index in [-0.39, 0.29) is 10.5 Å². The van der Waals surface area contributed by atoms with Gasteiger partial charge in [0.15, 0.2) is 6.61 Å². The standard InChI is InChI=1S/C18H20N2O6S/c1-12(13-6-8-16(9-7-13)27(19,23)24)20-17(21)11-26-18(22)14-4-3-5-15(10-14)25-2/h3-10,12H,11H2,1-2H3,(H,20,21)(H2,19,23,24)/t12-/m1/s1. The Hall–Kier alpha value is -2.91. The summed E-state index contributed by atoms with van der Waals surface area (Å²) in [5.74, 6) is -0.631. The number of esters is 1. The minimum atomic E-state index is -3.77. The van der Waals surface area contributed by atoms with Crippen molar-refractivity contribution in [2.24, 2.45) is 5.14 Å². The van der Waals surface area contributed by atoms with Crippen LogP contribution in [0, 0.1) is 0 Å². The van der Waals surface area contributed by atoms with E-state index < -0.39 is 34.5 Å². The zero-order valence-corrected chi connectivity index (χ0v) is 15.7. The third kappa shape index (κ3) is 5.80. The lowest BCUT2D eigenvalue weighted by atomic mass is 10.1. The molecule has 27 heavy (non-hydrogen) atoms. The Balaban J connectivity index is 1.90. The summed E-state index contributed by atoms with van der Waals surface area (Å²) >= 11 is 0. The molecule has 0 fully saturated rings. The van der Waals surface area contributed by atoms with E-state index in [1.165, 1.54) is 25.3 Å². The molecule has 144 valence electrons. The highest BCUT2D eigenvalue weighted by molar-refractivity contribution is 7.89. The van der Waals surface area contributed by atoms with Crippen LogP contribution < -0.4 is 15.2 Å². The number of benzene rings is 2. The van der Waals surface area contributed by atoms with Gasteiger partial charge in [-0.1, -0.05) is 18.2 Å². The molecule has 0 saturated carbocycles. The quantitative estimate of drug-likeness (QED) is 0.686. The van der Waals surface area contributed by atoms with E-state index in [1.807, 2.05) is 0 Å². The molecule has 0 saturated heterocycles. The Labute approximate surface area is 157 Å². The monoisotopic (exact) mass is 392 g/mol. The number of nitrogens with two attached hydrogens (primary N) is 1. The average Bonchev–Trinajstić information content (AvgIpc) is 2.65. The summed E-state index contributed by atoms with van der Waals surface area (Å²) < 4.78 is 32.5. The first-order valence-electron chi connectivity index (χ1n) is 7.94. The van der Waals surface area contributed by atoms with Gasteiger partial charge in [0.2, 0.25) is 10.0 Å². The topological polar surface area (TPSA) is 125 Å². The second-order valence-corrected chi connectivity index (χ2v) is 7.27. The number of nitrogens with one attached hydrogen (secondary N) is 1. The third-order valence-corrected chi connectivity index (χ3v) is 4.66. The first-order chi connectivity index (χ1) is 12.7. The van der Waals surface area contributed by atoms with Crippen molar-refractivity contribution in [3.8, 4) is 5.75 Å². The fourth-order valence-corrected chi connectivity index (χ4v) is 2.79.